The first-order valence-electron chi connectivity index (χ1n) is 4.98. The van der Waals surface area contributed by atoms with Gasteiger partial charge in [0.15, 0.2) is 0 Å². The molecule has 0 saturated carbocycles. The van der Waals surface area contributed by atoms with Crippen LogP contribution in [0.4, 0.5) is 0 Å². The van der Waals surface area contributed by atoms with Gasteiger partial charge >= 0.3 is 5.97 Å². The molecule has 0 radical (unpaired) electrons. The molecule has 2 aromatic rings. The molecule has 0 atom stereocenters. The van der Waals surface area contributed by atoms with E-state index >= 15 is 0 Å². The van der Waals surface area contributed by atoms with E-state index in [4.69, 9.17) is 5.11 Å². The van der Waals surface area contributed by atoms with Crippen molar-refractivity contribution in [3.05, 3.63) is 47.5 Å². The van der Waals surface area contributed by atoms with E-state index in [2.05, 4.69) is 0 Å². The maximum absolute atomic E-state index is 11.0. The highest BCUT2D eigenvalue weighted by Crippen LogP contribution is 2.22. The molecule has 2 nitrogen and oxygen atoms in total. The second-order valence-corrected chi connectivity index (χ2v) is 3.47. The standard InChI is InChI=1S/C13H12O2/c1-2-10-11-6-4-3-5-9(11)7-8-12(10)13(14)15/h3-8H,2H2,1H3,(H,14,15). The zero-order valence-corrected chi connectivity index (χ0v) is 8.53. The summed E-state index contributed by atoms with van der Waals surface area (Å²) in [5.41, 5.74) is 1.33. The van der Waals surface area contributed by atoms with Crippen molar-refractivity contribution in [2.24, 2.45) is 0 Å². The Morgan fingerprint density at radius 3 is 2.60 bits per heavy atom. The third kappa shape index (κ3) is 1.59. The first-order chi connectivity index (χ1) is 7.24. The molecule has 0 spiro atoms. The molecule has 0 saturated heterocycles. The van der Waals surface area contributed by atoms with Crippen LogP contribution in [-0.2, 0) is 6.42 Å². The van der Waals surface area contributed by atoms with Crippen LogP contribution in [0.25, 0.3) is 10.8 Å². The van der Waals surface area contributed by atoms with Gasteiger partial charge in [-0.1, -0.05) is 37.3 Å². The lowest BCUT2D eigenvalue weighted by Gasteiger charge is -2.07. The first-order valence-corrected chi connectivity index (χ1v) is 4.98. The van der Waals surface area contributed by atoms with Crippen molar-refractivity contribution in [1.82, 2.24) is 0 Å². The van der Waals surface area contributed by atoms with E-state index in [9.17, 15) is 4.79 Å². The first kappa shape index (κ1) is 9.71. The van der Waals surface area contributed by atoms with Gasteiger partial charge in [-0.05, 0) is 28.8 Å². The average molecular weight is 200 g/mol. The number of hydrogen-bond acceptors (Lipinski definition) is 1. The molecule has 0 aliphatic rings. The monoisotopic (exact) mass is 200 g/mol. The summed E-state index contributed by atoms with van der Waals surface area (Å²) in [5, 5.41) is 11.2. The number of carboxylic acids is 1. The fraction of sp³-hybridized carbons (Fsp3) is 0.154. The highest BCUT2D eigenvalue weighted by atomic mass is 16.4. The second-order valence-electron chi connectivity index (χ2n) is 3.47. The van der Waals surface area contributed by atoms with Crippen LogP contribution in [0.15, 0.2) is 36.4 Å². The van der Waals surface area contributed by atoms with Crippen LogP contribution in [0.5, 0.6) is 0 Å². The smallest absolute Gasteiger partial charge is 0.335 e. The quantitative estimate of drug-likeness (QED) is 0.808. The largest absolute Gasteiger partial charge is 0.478 e. The van der Waals surface area contributed by atoms with Gasteiger partial charge in [-0.15, -0.1) is 0 Å². The van der Waals surface area contributed by atoms with Crippen LogP contribution in [0.2, 0.25) is 0 Å². The van der Waals surface area contributed by atoms with E-state index in [1.54, 1.807) is 6.07 Å². The fourth-order valence-electron chi connectivity index (χ4n) is 1.92. The Bertz CT molecular complexity index is 515. The lowest BCUT2D eigenvalue weighted by atomic mass is 9.97. The number of benzene rings is 2. The van der Waals surface area contributed by atoms with Gasteiger partial charge in [0, 0.05) is 0 Å². The maximum Gasteiger partial charge on any atom is 0.335 e. The van der Waals surface area contributed by atoms with E-state index in [-0.39, 0.29) is 0 Å². The summed E-state index contributed by atoms with van der Waals surface area (Å²) in [6, 6.07) is 11.4. The predicted molar refractivity (Wildman–Crippen MR) is 60.3 cm³/mol. The van der Waals surface area contributed by atoms with E-state index in [1.807, 2.05) is 37.3 Å². The summed E-state index contributed by atoms with van der Waals surface area (Å²) < 4.78 is 0. The number of carboxylic acid groups (broad SMARTS) is 1. The van der Waals surface area contributed by atoms with Gasteiger partial charge in [0.2, 0.25) is 0 Å². The van der Waals surface area contributed by atoms with Crippen LogP contribution >= 0.6 is 0 Å². The molecule has 0 amide bonds. The normalized spacial score (nSPS) is 10.5. The highest BCUT2D eigenvalue weighted by Gasteiger charge is 2.10. The molecule has 76 valence electrons. The Morgan fingerprint density at radius 2 is 1.93 bits per heavy atom. The van der Waals surface area contributed by atoms with E-state index in [0.717, 1.165) is 22.8 Å². The van der Waals surface area contributed by atoms with Crippen molar-refractivity contribution < 1.29 is 9.90 Å². The minimum absolute atomic E-state index is 0.413. The Balaban J connectivity index is 2.81. The number of carbonyl (C=O) groups is 1. The van der Waals surface area contributed by atoms with Crippen molar-refractivity contribution in [1.29, 1.82) is 0 Å². The van der Waals surface area contributed by atoms with Crippen molar-refractivity contribution in [2.75, 3.05) is 0 Å². The van der Waals surface area contributed by atoms with E-state index < -0.39 is 5.97 Å². The van der Waals surface area contributed by atoms with Crippen LogP contribution in [0, 0.1) is 0 Å². The number of rotatable bonds is 2. The third-order valence-corrected chi connectivity index (χ3v) is 2.62. The summed E-state index contributed by atoms with van der Waals surface area (Å²) >= 11 is 0. The van der Waals surface area contributed by atoms with Crippen LogP contribution in [0.1, 0.15) is 22.8 Å². The fourth-order valence-corrected chi connectivity index (χ4v) is 1.92. The van der Waals surface area contributed by atoms with Crippen molar-refractivity contribution in [3.63, 3.8) is 0 Å². The van der Waals surface area contributed by atoms with Crippen molar-refractivity contribution in [3.8, 4) is 0 Å². The SMILES string of the molecule is CCc1c(C(=O)O)ccc2ccccc12. The molecule has 0 aromatic heterocycles. The molecule has 0 bridgehead atoms. The molecule has 2 rings (SSSR count). The van der Waals surface area contributed by atoms with Gasteiger partial charge in [-0.2, -0.15) is 0 Å². The summed E-state index contributed by atoms with van der Waals surface area (Å²) in [5.74, 6) is -0.849. The van der Waals surface area contributed by atoms with Gasteiger partial charge in [0.05, 0.1) is 5.56 Å². The Kier molecular flexibility index (Phi) is 2.42. The zero-order chi connectivity index (χ0) is 10.8. The van der Waals surface area contributed by atoms with Crippen molar-refractivity contribution >= 4 is 16.7 Å². The molecule has 0 unspecified atom stereocenters. The molecule has 2 heteroatoms. The molecular weight excluding hydrogens is 188 g/mol. The van der Waals surface area contributed by atoms with Gasteiger partial charge in [0.1, 0.15) is 0 Å². The molecular formula is C13H12O2. The highest BCUT2D eigenvalue weighted by molar-refractivity contribution is 5.97. The van der Waals surface area contributed by atoms with Gasteiger partial charge < -0.3 is 5.11 Å². The lowest BCUT2D eigenvalue weighted by Crippen LogP contribution is -2.02. The van der Waals surface area contributed by atoms with Crippen molar-refractivity contribution in [2.45, 2.75) is 13.3 Å². The molecule has 0 heterocycles. The summed E-state index contributed by atoms with van der Waals surface area (Å²) in [6.45, 7) is 1.98. The van der Waals surface area contributed by atoms with Gasteiger partial charge in [0.25, 0.3) is 0 Å². The Labute approximate surface area is 88.2 Å². The van der Waals surface area contributed by atoms with Gasteiger partial charge in [-0.25, -0.2) is 4.79 Å². The molecule has 0 aliphatic heterocycles. The minimum Gasteiger partial charge on any atom is -0.478 e. The van der Waals surface area contributed by atoms with Crippen LogP contribution in [-0.4, -0.2) is 11.1 Å². The number of aryl methyl sites for hydroxylation is 1. The molecule has 0 aliphatic carbocycles. The predicted octanol–water partition coefficient (Wildman–Crippen LogP) is 3.10. The minimum atomic E-state index is -0.849. The Hall–Kier alpha value is -1.83. The Morgan fingerprint density at radius 1 is 1.20 bits per heavy atom. The van der Waals surface area contributed by atoms with Crippen LogP contribution in [0.3, 0.4) is 0 Å². The maximum atomic E-state index is 11.0. The summed E-state index contributed by atoms with van der Waals surface area (Å²) in [6.07, 6.45) is 0.739. The number of hydrogen-bond donors (Lipinski definition) is 1. The van der Waals surface area contributed by atoms with Gasteiger partial charge in [-0.3, -0.25) is 0 Å². The topological polar surface area (TPSA) is 37.3 Å². The molecule has 15 heavy (non-hydrogen) atoms. The number of fused-ring (bicyclic) bond motifs is 1. The third-order valence-electron chi connectivity index (χ3n) is 2.62. The molecule has 2 aromatic carbocycles. The van der Waals surface area contributed by atoms with E-state index in [1.165, 1.54) is 0 Å². The summed E-state index contributed by atoms with van der Waals surface area (Å²) in [4.78, 5) is 11.0. The second kappa shape index (κ2) is 3.73. The zero-order valence-electron chi connectivity index (χ0n) is 8.53. The molecule has 0 fully saturated rings. The lowest BCUT2D eigenvalue weighted by molar-refractivity contribution is 0.0696. The average Bonchev–Trinajstić information content (AvgIpc) is 2.27. The molecule has 1 N–H and O–H groups in total. The number of aromatic carboxylic acids is 1. The van der Waals surface area contributed by atoms with E-state index in [0.29, 0.717) is 5.56 Å². The van der Waals surface area contributed by atoms with Crippen LogP contribution < -0.4 is 0 Å². The summed E-state index contributed by atoms with van der Waals surface area (Å²) in [7, 11) is 0.